The van der Waals surface area contributed by atoms with Gasteiger partial charge in [-0.15, -0.1) is 0 Å². The number of hydrogen-bond donors (Lipinski definition) is 1. The first kappa shape index (κ1) is 18.3. The summed E-state index contributed by atoms with van der Waals surface area (Å²) in [5, 5.41) is 0. The SMILES string of the molecule is Cc1nc(=O)[nH]c(C)c1CCC(=O)N1CCN(C)C(c2ccccc2)C1. The fraction of sp³-hybridized carbons (Fsp3) is 0.450. The maximum atomic E-state index is 12.8. The highest BCUT2D eigenvalue weighted by atomic mass is 16.2. The molecule has 0 radical (unpaired) electrons. The van der Waals surface area contributed by atoms with Crippen LogP contribution in [0, 0.1) is 13.8 Å². The molecule has 1 fully saturated rings. The van der Waals surface area contributed by atoms with Gasteiger partial charge < -0.3 is 9.88 Å². The molecule has 26 heavy (non-hydrogen) atoms. The summed E-state index contributed by atoms with van der Waals surface area (Å²) >= 11 is 0. The monoisotopic (exact) mass is 354 g/mol. The number of aromatic amines is 1. The molecule has 6 heteroatoms. The Morgan fingerprint density at radius 3 is 2.65 bits per heavy atom. The number of rotatable bonds is 4. The van der Waals surface area contributed by atoms with E-state index in [1.54, 1.807) is 0 Å². The van der Waals surface area contributed by atoms with E-state index in [4.69, 9.17) is 0 Å². The Morgan fingerprint density at radius 2 is 1.96 bits per heavy atom. The van der Waals surface area contributed by atoms with Crippen molar-refractivity contribution >= 4 is 5.91 Å². The molecule has 1 aliphatic rings. The van der Waals surface area contributed by atoms with Crippen molar-refractivity contribution in [1.29, 1.82) is 0 Å². The van der Waals surface area contributed by atoms with Gasteiger partial charge in [0.15, 0.2) is 0 Å². The number of hydrogen-bond acceptors (Lipinski definition) is 4. The van der Waals surface area contributed by atoms with Crippen molar-refractivity contribution in [3.63, 3.8) is 0 Å². The van der Waals surface area contributed by atoms with Crippen molar-refractivity contribution in [2.75, 3.05) is 26.7 Å². The van der Waals surface area contributed by atoms with E-state index < -0.39 is 0 Å². The van der Waals surface area contributed by atoms with E-state index in [2.05, 4.69) is 34.0 Å². The Hall–Kier alpha value is -2.47. The Labute approximate surface area is 153 Å². The van der Waals surface area contributed by atoms with Crippen LogP contribution < -0.4 is 5.69 Å². The lowest BCUT2D eigenvalue weighted by atomic mass is 10.0. The van der Waals surface area contributed by atoms with E-state index >= 15 is 0 Å². The van der Waals surface area contributed by atoms with Crippen molar-refractivity contribution in [3.05, 3.63) is 63.3 Å². The number of H-pyrrole nitrogens is 1. The van der Waals surface area contributed by atoms with Gasteiger partial charge in [-0.3, -0.25) is 9.69 Å². The average molecular weight is 354 g/mol. The second kappa shape index (κ2) is 7.83. The van der Waals surface area contributed by atoms with Gasteiger partial charge in [0.25, 0.3) is 0 Å². The fourth-order valence-corrected chi connectivity index (χ4v) is 3.65. The number of piperazine rings is 1. The average Bonchev–Trinajstić information content (AvgIpc) is 2.61. The summed E-state index contributed by atoms with van der Waals surface area (Å²) in [6, 6.07) is 10.6. The number of nitrogens with one attached hydrogen (secondary N) is 1. The standard InChI is InChI=1S/C20H26N4O2/c1-14-17(15(2)22-20(26)21-14)9-10-19(25)24-12-11-23(3)18(13-24)16-7-5-4-6-8-16/h4-8,18H,9-13H2,1-3H3,(H,21,22,26). The van der Waals surface area contributed by atoms with Crippen LogP contribution in [0.5, 0.6) is 0 Å². The van der Waals surface area contributed by atoms with E-state index in [0.29, 0.717) is 25.1 Å². The lowest BCUT2D eigenvalue weighted by molar-refractivity contribution is -0.134. The van der Waals surface area contributed by atoms with Gasteiger partial charge in [-0.05, 0) is 38.4 Å². The van der Waals surface area contributed by atoms with Crippen molar-refractivity contribution in [3.8, 4) is 0 Å². The minimum Gasteiger partial charge on any atom is -0.339 e. The normalized spacial score (nSPS) is 18.1. The highest BCUT2D eigenvalue weighted by molar-refractivity contribution is 5.76. The van der Waals surface area contributed by atoms with Gasteiger partial charge in [-0.2, -0.15) is 4.98 Å². The van der Waals surface area contributed by atoms with Gasteiger partial charge in [0.05, 0.1) is 6.04 Å². The lowest BCUT2D eigenvalue weighted by Crippen LogP contribution is -2.49. The first-order chi connectivity index (χ1) is 12.5. The molecule has 1 saturated heterocycles. The first-order valence-electron chi connectivity index (χ1n) is 9.05. The van der Waals surface area contributed by atoms with Gasteiger partial charge in [0.2, 0.25) is 5.91 Å². The molecular weight excluding hydrogens is 328 g/mol. The van der Waals surface area contributed by atoms with Crippen LogP contribution in [-0.4, -0.2) is 52.4 Å². The third kappa shape index (κ3) is 4.02. The predicted molar refractivity (Wildman–Crippen MR) is 101 cm³/mol. The number of aromatic nitrogens is 2. The Balaban J connectivity index is 1.66. The Kier molecular flexibility index (Phi) is 5.52. The van der Waals surface area contributed by atoms with Gasteiger partial charge in [-0.25, -0.2) is 4.79 Å². The van der Waals surface area contributed by atoms with E-state index in [1.807, 2.05) is 36.9 Å². The minimum absolute atomic E-state index is 0.157. The minimum atomic E-state index is -0.333. The molecule has 2 heterocycles. The quantitative estimate of drug-likeness (QED) is 0.910. The first-order valence-corrected chi connectivity index (χ1v) is 9.05. The molecule has 0 aliphatic carbocycles. The molecule has 1 aromatic heterocycles. The molecule has 138 valence electrons. The molecule has 1 aliphatic heterocycles. The van der Waals surface area contributed by atoms with Gasteiger partial charge >= 0.3 is 5.69 Å². The molecule has 0 spiro atoms. The largest absolute Gasteiger partial charge is 0.345 e. The number of amides is 1. The summed E-state index contributed by atoms with van der Waals surface area (Å²) in [6.07, 6.45) is 1.03. The highest BCUT2D eigenvalue weighted by Gasteiger charge is 2.28. The van der Waals surface area contributed by atoms with Gasteiger partial charge in [0, 0.05) is 37.4 Å². The second-order valence-corrected chi connectivity index (χ2v) is 6.98. The van der Waals surface area contributed by atoms with Crippen molar-refractivity contribution < 1.29 is 4.79 Å². The number of nitrogens with zero attached hydrogens (tertiary/aromatic N) is 3. The Morgan fingerprint density at radius 1 is 1.23 bits per heavy atom. The van der Waals surface area contributed by atoms with Crippen LogP contribution >= 0.6 is 0 Å². The summed E-state index contributed by atoms with van der Waals surface area (Å²) < 4.78 is 0. The number of likely N-dealkylation sites (N-methyl/N-ethyl adjacent to an activating group) is 1. The summed E-state index contributed by atoms with van der Waals surface area (Å²) in [6.45, 7) is 6.01. The summed E-state index contributed by atoms with van der Waals surface area (Å²) in [5.74, 6) is 0.157. The maximum Gasteiger partial charge on any atom is 0.345 e. The maximum absolute atomic E-state index is 12.8. The molecule has 0 bridgehead atoms. The van der Waals surface area contributed by atoms with Crippen LogP contribution in [0.15, 0.2) is 35.1 Å². The number of carbonyl (C=O) groups is 1. The zero-order chi connectivity index (χ0) is 18.7. The highest BCUT2D eigenvalue weighted by Crippen LogP contribution is 2.24. The van der Waals surface area contributed by atoms with E-state index in [9.17, 15) is 9.59 Å². The van der Waals surface area contributed by atoms with Crippen LogP contribution in [0.4, 0.5) is 0 Å². The smallest absolute Gasteiger partial charge is 0.339 e. The molecule has 6 nitrogen and oxygen atoms in total. The summed E-state index contributed by atoms with van der Waals surface area (Å²) in [7, 11) is 2.11. The molecule has 1 aromatic carbocycles. The lowest BCUT2D eigenvalue weighted by Gasteiger charge is -2.39. The van der Waals surface area contributed by atoms with Crippen molar-refractivity contribution in [2.24, 2.45) is 0 Å². The number of benzene rings is 1. The topological polar surface area (TPSA) is 69.3 Å². The molecule has 1 N–H and O–H groups in total. The van der Waals surface area contributed by atoms with Crippen LogP contribution in [0.3, 0.4) is 0 Å². The molecule has 1 atom stereocenters. The summed E-state index contributed by atoms with van der Waals surface area (Å²) in [4.78, 5) is 35.1. The third-order valence-electron chi connectivity index (χ3n) is 5.23. The van der Waals surface area contributed by atoms with Crippen molar-refractivity contribution in [2.45, 2.75) is 32.7 Å². The van der Waals surface area contributed by atoms with Gasteiger partial charge in [0.1, 0.15) is 0 Å². The van der Waals surface area contributed by atoms with Gasteiger partial charge in [-0.1, -0.05) is 30.3 Å². The zero-order valence-corrected chi connectivity index (χ0v) is 15.7. The molecular formula is C20H26N4O2. The molecule has 0 saturated carbocycles. The van der Waals surface area contributed by atoms with Crippen molar-refractivity contribution in [1.82, 2.24) is 19.8 Å². The molecule has 2 aromatic rings. The van der Waals surface area contributed by atoms with Crippen LogP contribution in [0.25, 0.3) is 0 Å². The molecule has 1 amide bonds. The number of carbonyl (C=O) groups excluding carboxylic acids is 1. The second-order valence-electron chi connectivity index (χ2n) is 6.98. The molecule has 3 rings (SSSR count). The van der Waals surface area contributed by atoms with Crippen LogP contribution in [0.2, 0.25) is 0 Å². The van der Waals surface area contributed by atoms with Crippen LogP contribution in [0.1, 0.15) is 35.0 Å². The fourth-order valence-electron chi connectivity index (χ4n) is 3.65. The predicted octanol–water partition coefficient (Wildman–Crippen LogP) is 1.83. The van der Waals surface area contributed by atoms with E-state index in [-0.39, 0.29) is 17.6 Å². The van der Waals surface area contributed by atoms with Crippen LogP contribution in [-0.2, 0) is 11.2 Å². The molecule has 1 unspecified atom stereocenters. The van der Waals surface area contributed by atoms with E-state index in [0.717, 1.165) is 24.3 Å². The zero-order valence-electron chi connectivity index (χ0n) is 15.7. The Bertz CT molecular complexity index is 805. The van der Waals surface area contributed by atoms with E-state index in [1.165, 1.54) is 5.56 Å². The summed E-state index contributed by atoms with van der Waals surface area (Å²) in [5.41, 5.74) is 3.38. The number of aryl methyl sites for hydroxylation is 2. The third-order valence-corrected chi connectivity index (χ3v) is 5.23.